The van der Waals surface area contributed by atoms with Crippen LogP contribution in [0, 0.1) is 24.0 Å². The van der Waals surface area contributed by atoms with Crippen LogP contribution in [0.5, 0.6) is 0 Å². The molecular weight excluding hydrogens is 356 g/mol. The van der Waals surface area contributed by atoms with Crippen molar-refractivity contribution < 1.29 is 27.9 Å². The van der Waals surface area contributed by atoms with Gasteiger partial charge in [-0.05, 0) is 31.2 Å². The van der Waals surface area contributed by atoms with Gasteiger partial charge in [-0.15, -0.1) is 0 Å². The lowest BCUT2D eigenvalue weighted by molar-refractivity contribution is -0.123. The van der Waals surface area contributed by atoms with Gasteiger partial charge in [-0.2, -0.15) is 0 Å². The molecule has 142 valence electrons. The number of carbonyl (C=O) groups is 2. The molecule has 1 atom stereocenters. The van der Waals surface area contributed by atoms with E-state index in [1.165, 1.54) is 6.07 Å². The minimum absolute atomic E-state index is 0.00112. The summed E-state index contributed by atoms with van der Waals surface area (Å²) in [5.41, 5.74) is -1.01. The Kier molecular flexibility index (Phi) is 4.41. The number of aryl methyl sites for hydroxylation is 1. The number of nitrogens with zero attached hydrogens (tertiary/aromatic N) is 1. The Labute approximate surface area is 154 Å². The summed E-state index contributed by atoms with van der Waals surface area (Å²) in [5.74, 6) is -3.49. The summed E-state index contributed by atoms with van der Waals surface area (Å²) < 4.78 is 32.7. The predicted molar refractivity (Wildman–Crippen MR) is 94.1 cm³/mol. The SMILES string of the molecule is Cc1ccc(C2C(C(=O)C(C)(C)C)=C(O)C(=O)N2c2ccc(F)c(F)c2)o1. The van der Waals surface area contributed by atoms with E-state index in [4.69, 9.17) is 4.42 Å². The molecule has 1 amide bonds. The third-order valence-corrected chi connectivity index (χ3v) is 4.35. The highest BCUT2D eigenvalue weighted by atomic mass is 19.2. The summed E-state index contributed by atoms with van der Waals surface area (Å²) in [6, 6.07) is 5.07. The Morgan fingerprint density at radius 3 is 2.33 bits per heavy atom. The minimum Gasteiger partial charge on any atom is -0.503 e. The monoisotopic (exact) mass is 375 g/mol. The zero-order valence-electron chi connectivity index (χ0n) is 15.3. The first-order valence-corrected chi connectivity index (χ1v) is 8.35. The van der Waals surface area contributed by atoms with Gasteiger partial charge >= 0.3 is 0 Å². The van der Waals surface area contributed by atoms with E-state index in [9.17, 15) is 23.5 Å². The quantitative estimate of drug-likeness (QED) is 0.864. The van der Waals surface area contributed by atoms with Gasteiger partial charge in [0.15, 0.2) is 23.2 Å². The van der Waals surface area contributed by atoms with E-state index in [0.717, 1.165) is 17.0 Å². The number of halogens is 2. The number of aliphatic hydroxyl groups is 1. The fraction of sp³-hybridized carbons (Fsp3) is 0.300. The molecule has 0 saturated heterocycles. The van der Waals surface area contributed by atoms with Gasteiger partial charge in [-0.1, -0.05) is 20.8 Å². The van der Waals surface area contributed by atoms with Crippen molar-refractivity contribution in [2.24, 2.45) is 5.41 Å². The molecule has 0 bridgehead atoms. The molecule has 1 aromatic heterocycles. The van der Waals surface area contributed by atoms with E-state index in [1.54, 1.807) is 39.8 Å². The van der Waals surface area contributed by atoms with Crippen LogP contribution in [0.15, 0.2) is 46.1 Å². The Hall–Kier alpha value is -2.96. The largest absolute Gasteiger partial charge is 0.503 e. The molecule has 0 spiro atoms. The van der Waals surface area contributed by atoms with Gasteiger partial charge in [0, 0.05) is 17.2 Å². The van der Waals surface area contributed by atoms with Crippen molar-refractivity contribution in [3.05, 3.63) is 64.8 Å². The number of hydrogen-bond donors (Lipinski definition) is 1. The number of ketones is 1. The average molecular weight is 375 g/mol. The standard InChI is InChI=1S/C20H19F2NO4/c1-10-5-8-14(27-10)16-15(18(25)20(2,3)4)17(24)19(26)23(16)11-6-7-12(21)13(22)9-11/h5-9,16,24H,1-4H3. The highest BCUT2D eigenvalue weighted by molar-refractivity contribution is 6.17. The van der Waals surface area contributed by atoms with E-state index in [-0.39, 0.29) is 17.0 Å². The molecule has 0 aliphatic carbocycles. The van der Waals surface area contributed by atoms with Crippen molar-refractivity contribution >= 4 is 17.4 Å². The molecule has 1 aliphatic heterocycles. The normalized spacial score (nSPS) is 17.8. The maximum atomic E-state index is 13.8. The van der Waals surface area contributed by atoms with Crippen LogP contribution in [0.1, 0.15) is 38.3 Å². The van der Waals surface area contributed by atoms with Gasteiger partial charge in [0.2, 0.25) is 0 Å². The lowest BCUT2D eigenvalue weighted by Gasteiger charge is -2.27. The summed E-state index contributed by atoms with van der Waals surface area (Å²) in [6.07, 6.45) is 0. The van der Waals surface area contributed by atoms with Gasteiger partial charge < -0.3 is 9.52 Å². The van der Waals surface area contributed by atoms with Crippen molar-refractivity contribution in [3.8, 4) is 0 Å². The predicted octanol–water partition coefficient (Wildman–Crippen LogP) is 4.38. The van der Waals surface area contributed by atoms with Crippen molar-refractivity contribution in [3.63, 3.8) is 0 Å². The second kappa shape index (κ2) is 6.33. The molecule has 1 aromatic carbocycles. The van der Waals surface area contributed by atoms with Crippen molar-refractivity contribution in [1.82, 2.24) is 0 Å². The van der Waals surface area contributed by atoms with Gasteiger partial charge in [0.05, 0.1) is 5.57 Å². The van der Waals surface area contributed by atoms with Gasteiger partial charge in [0.1, 0.15) is 17.6 Å². The summed E-state index contributed by atoms with van der Waals surface area (Å²) in [5, 5.41) is 10.4. The number of aliphatic hydroxyl groups excluding tert-OH is 1. The molecular formula is C20H19F2NO4. The third-order valence-electron chi connectivity index (χ3n) is 4.35. The van der Waals surface area contributed by atoms with Crippen LogP contribution in [0.2, 0.25) is 0 Å². The first-order chi connectivity index (χ1) is 12.5. The Bertz CT molecular complexity index is 969. The number of benzene rings is 1. The number of Topliss-reactive ketones (excluding diaryl/α,β-unsaturated/α-hetero) is 1. The summed E-state index contributed by atoms with van der Waals surface area (Å²) in [4.78, 5) is 26.7. The second-order valence-electron chi connectivity index (χ2n) is 7.47. The van der Waals surface area contributed by atoms with Gasteiger partial charge in [-0.3, -0.25) is 14.5 Å². The molecule has 0 radical (unpaired) electrons. The topological polar surface area (TPSA) is 70.8 Å². The van der Waals surface area contributed by atoms with Crippen LogP contribution in [0.25, 0.3) is 0 Å². The van der Waals surface area contributed by atoms with Crippen LogP contribution in [0.3, 0.4) is 0 Å². The zero-order valence-corrected chi connectivity index (χ0v) is 15.3. The Morgan fingerprint density at radius 1 is 1.15 bits per heavy atom. The average Bonchev–Trinajstić information content (AvgIpc) is 3.11. The van der Waals surface area contributed by atoms with E-state index in [1.807, 2.05) is 0 Å². The molecule has 7 heteroatoms. The highest BCUT2D eigenvalue weighted by Crippen LogP contribution is 2.43. The first kappa shape index (κ1) is 18.8. The number of hydrogen-bond acceptors (Lipinski definition) is 4. The van der Waals surface area contributed by atoms with Crippen LogP contribution < -0.4 is 4.90 Å². The maximum absolute atomic E-state index is 13.8. The Morgan fingerprint density at radius 2 is 1.81 bits per heavy atom. The fourth-order valence-corrected chi connectivity index (χ4v) is 3.01. The summed E-state index contributed by atoms with van der Waals surface area (Å²) in [7, 11) is 0. The first-order valence-electron chi connectivity index (χ1n) is 8.35. The lowest BCUT2D eigenvalue weighted by atomic mass is 9.83. The molecule has 2 aromatic rings. The van der Waals surface area contributed by atoms with E-state index < -0.39 is 40.5 Å². The fourth-order valence-electron chi connectivity index (χ4n) is 3.01. The lowest BCUT2D eigenvalue weighted by Crippen LogP contribution is -2.32. The number of carbonyl (C=O) groups excluding carboxylic acids is 2. The third kappa shape index (κ3) is 3.13. The number of amides is 1. The summed E-state index contributed by atoms with van der Waals surface area (Å²) >= 11 is 0. The van der Waals surface area contributed by atoms with Gasteiger partial charge in [0.25, 0.3) is 5.91 Å². The molecule has 0 saturated carbocycles. The molecule has 3 rings (SSSR count). The van der Waals surface area contributed by atoms with Crippen molar-refractivity contribution in [2.75, 3.05) is 4.90 Å². The zero-order chi connectivity index (χ0) is 20.1. The molecule has 5 nitrogen and oxygen atoms in total. The smallest absolute Gasteiger partial charge is 0.294 e. The van der Waals surface area contributed by atoms with E-state index in [2.05, 4.69) is 0 Å². The number of furan rings is 1. The maximum Gasteiger partial charge on any atom is 0.294 e. The molecule has 0 fully saturated rings. The van der Waals surface area contributed by atoms with Crippen LogP contribution in [-0.2, 0) is 9.59 Å². The minimum atomic E-state index is -1.15. The summed E-state index contributed by atoms with van der Waals surface area (Å²) in [6.45, 7) is 6.66. The molecule has 2 heterocycles. The second-order valence-corrected chi connectivity index (χ2v) is 7.47. The van der Waals surface area contributed by atoms with E-state index >= 15 is 0 Å². The van der Waals surface area contributed by atoms with E-state index in [0.29, 0.717) is 5.76 Å². The molecule has 1 N–H and O–H groups in total. The number of rotatable bonds is 3. The molecule has 1 aliphatic rings. The molecule has 27 heavy (non-hydrogen) atoms. The van der Waals surface area contributed by atoms with Crippen molar-refractivity contribution in [1.29, 1.82) is 0 Å². The van der Waals surface area contributed by atoms with Crippen molar-refractivity contribution in [2.45, 2.75) is 33.7 Å². The number of anilines is 1. The highest BCUT2D eigenvalue weighted by Gasteiger charge is 2.48. The molecule has 1 unspecified atom stereocenters. The Balaban J connectivity index is 2.20. The van der Waals surface area contributed by atoms with Gasteiger partial charge in [-0.25, -0.2) is 8.78 Å². The van der Waals surface area contributed by atoms with Crippen LogP contribution in [-0.4, -0.2) is 16.8 Å². The van der Waals surface area contributed by atoms with Crippen LogP contribution in [0.4, 0.5) is 14.5 Å². The van der Waals surface area contributed by atoms with Crippen LogP contribution >= 0.6 is 0 Å².